The summed E-state index contributed by atoms with van der Waals surface area (Å²) in [5, 5.41) is 6.55. The third-order valence-corrected chi connectivity index (χ3v) is 5.48. The van der Waals surface area contributed by atoms with Crippen LogP contribution in [0.3, 0.4) is 0 Å². The number of benzene rings is 1. The summed E-state index contributed by atoms with van der Waals surface area (Å²) in [6, 6.07) is 8.40. The molecule has 1 aromatic heterocycles. The highest BCUT2D eigenvalue weighted by atomic mass is 32.1. The highest BCUT2D eigenvalue weighted by Crippen LogP contribution is 2.27. The van der Waals surface area contributed by atoms with Crippen molar-refractivity contribution in [1.82, 2.24) is 5.32 Å². The second kappa shape index (κ2) is 7.05. The standard InChI is InChI=1S/C17H24N2OS/c1-3-17(4-2,12-18)16(20)19-10-9-13-11-21-15-8-6-5-7-14(13)15/h5-8,11H,3-4,9-10,12,18H2,1-2H3,(H,19,20). The molecule has 3 nitrogen and oxygen atoms in total. The van der Waals surface area contributed by atoms with Gasteiger partial charge in [0.25, 0.3) is 0 Å². The summed E-state index contributed by atoms with van der Waals surface area (Å²) in [6.07, 6.45) is 2.43. The van der Waals surface area contributed by atoms with E-state index < -0.39 is 5.41 Å². The molecular formula is C17H24N2OS. The Morgan fingerprint density at radius 3 is 2.67 bits per heavy atom. The average molecular weight is 304 g/mol. The molecule has 21 heavy (non-hydrogen) atoms. The first kappa shape index (κ1) is 16.0. The minimum absolute atomic E-state index is 0.0922. The van der Waals surface area contributed by atoms with E-state index in [-0.39, 0.29) is 5.91 Å². The van der Waals surface area contributed by atoms with Gasteiger partial charge in [-0.05, 0) is 41.7 Å². The third kappa shape index (κ3) is 3.27. The fourth-order valence-electron chi connectivity index (χ4n) is 2.68. The quantitative estimate of drug-likeness (QED) is 0.824. The van der Waals surface area contributed by atoms with Crippen LogP contribution in [0.1, 0.15) is 32.3 Å². The number of hydrogen-bond acceptors (Lipinski definition) is 3. The zero-order chi connectivity index (χ0) is 15.3. The smallest absolute Gasteiger partial charge is 0.227 e. The zero-order valence-corrected chi connectivity index (χ0v) is 13.6. The number of thiophene rings is 1. The van der Waals surface area contributed by atoms with Crippen molar-refractivity contribution in [3.05, 3.63) is 35.2 Å². The number of nitrogens with two attached hydrogens (primary N) is 1. The van der Waals surface area contributed by atoms with Crippen LogP contribution in [-0.4, -0.2) is 19.0 Å². The molecule has 0 saturated carbocycles. The van der Waals surface area contributed by atoms with E-state index in [4.69, 9.17) is 5.73 Å². The van der Waals surface area contributed by atoms with Crippen molar-refractivity contribution in [1.29, 1.82) is 0 Å². The lowest BCUT2D eigenvalue weighted by Gasteiger charge is -2.28. The van der Waals surface area contributed by atoms with E-state index in [1.807, 2.05) is 13.8 Å². The molecule has 0 radical (unpaired) electrons. The summed E-state index contributed by atoms with van der Waals surface area (Å²) in [5.74, 6) is 0.0922. The molecule has 2 aromatic rings. The van der Waals surface area contributed by atoms with Gasteiger partial charge in [0.05, 0.1) is 5.41 Å². The van der Waals surface area contributed by atoms with Gasteiger partial charge in [0.15, 0.2) is 0 Å². The first-order valence-corrected chi connectivity index (χ1v) is 8.48. The van der Waals surface area contributed by atoms with Crippen molar-refractivity contribution >= 4 is 27.3 Å². The summed E-state index contributed by atoms with van der Waals surface area (Å²) in [5.41, 5.74) is 6.71. The van der Waals surface area contributed by atoms with Gasteiger partial charge in [-0.1, -0.05) is 32.0 Å². The highest BCUT2D eigenvalue weighted by molar-refractivity contribution is 7.17. The Morgan fingerprint density at radius 1 is 1.29 bits per heavy atom. The largest absolute Gasteiger partial charge is 0.355 e. The molecule has 2 rings (SSSR count). The molecule has 4 heteroatoms. The molecule has 0 atom stereocenters. The molecule has 0 bridgehead atoms. The lowest BCUT2D eigenvalue weighted by molar-refractivity contribution is -0.131. The Bertz CT molecular complexity index is 593. The van der Waals surface area contributed by atoms with Crippen LogP contribution in [0.4, 0.5) is 0 Å². The monoisotopic (exact) mass is 304 g/mol. The van der Waals surface area contributed by atoms with Gasteiger partial charge in [-0.25, -0.2) is 0 Å². The Kier molecular flexibility index (Phi) is 5.37. The first-order valence-electron chi connectivity index (χ1n) is 7.60. The molecule has 3 N–H and O–H groups in total. The minimum atomic E-state index is -0.406. The number of rotatable bonds is 7. The number of carbonyl (C=O) groups is 1. The van der Waals surface area contributed by atoms with E-state index in [1.54, 1.807) is 11.3 Å². The van der Waals surface area contributed by atoms with Gasteiger partial charge in [0.1, 0.15) is 0 Å². The van der Waals surface area contributed by atoms with Gasteiger partial charge >= 0.3 is 0 Å². The van der Waals surface area contributed by atoms with Crippen molar-refractivity contribution in [2.75, 3.05) is 13.1 Å². The van der Waals surface area contributed by atoms with Crippen LogP contribution in [0.15, 0.2) is 29.6 Å². The van der Waals surface area contributed by atoms with Crippen LogP contribution < -0.4 is 11.1 Å². The highest BCUT2D eigenvalue weighted by Gasteiger charge is 2.32. The van der Waals surface area contributed by atoms with E-state index in [0.29, 0.717) is 13.1 Å². The summed E-state index contributed by atoms with van der Waals surface area (Å²) in [4.78, 5) is 12.4. The van der Waals surface area contributed by atoms with Crippen LogP contribution in [-0.2, 0) is 11.2 Å². The van der Waals surface area contributed by atoms with Gasteiger partial charge in [0, 0.05) is 17.8 Å². The van der Waals surface area contributed by atoms with Gasteiger partial charge in [-0.3, -0.25) is 4.79 Å². The molecular weight excluding hydrogens is 280 g/mol. The van der Waals surface area contributed by atoms with Crippen molar-refractivity contribution in [2.45, 2.75) is 33.1 Å². The third-order valence-electron chi connectivity index (χ3n) is 4.47. The first-order chi connectivity index (χ1) is 10.2. The summed E-state index contributed by atoms with van der Waals surface area (Å²) in [7, 11) is 0. The van der Waals surface area contributed by atoms with E-state index in [9.17, 15) is 4.79 Å². The number of hydrogen-bond donors (Lipinski definition) is 2. The Balaban J connectivity index is 1.96. The Hall–Kier alpha value is -1.39. The molecule has 1 aromatic carbocycles. The number of carbonyl (C=O) groups excluding carboxylic acids is 1. The van der Waals surface area contributed by atoms with Gasteiger partial charge in [-0.15, -0.1) is 11.3 Å². The molecule has 1 heterocycles. The second-order valence-corrected chi connectivity index (χ2v) is 6.37. The Labute approximate surface area is 130 Å². The summed E-state index contributed by atoms with van der Waals surface area (Å²) in [6.45, 7) is 5.14. The van der Waals surface area contributed by atoms with Crippen LogP contribution in [0.5, 0.6) is 0 Å². The normalized spacial score (nSPS) is 11.8. The molecule has 0 unspecified atom stereocenters. The fraction of sp³-hybridized carbons (Fsp3) is 0.471. The van der Waals surface area contributed by atoms with Crippen molar-refractivity contribution in [3.8, 4) is 0 Å². The second-order valence-electron chi connectivity index (χ2n) is 5.45. The van der Waals surface area contributed by atoms with Crippen molar-refractivity contribution in [3.63, 3.8) is 0 Å². The maximum absolute atomic E-state index is 12.4. The predicted octanol–water partition coefficient (Wildman–Crippen LogP) is 3.33. The van der Waals surface area contributed by atoms with Crippen molar-refractivity contribution in [2.24, 2.45) is 11.1 Å². The molecule has 0 aliphatic rings. The van der Waals surface area contributed by atoms with Crippen molar-refractivity contribution < 1.29 is 4.79 Å². The number of amides is 1. The van der Waals surface area contributed by atoms with Crippen LogP contribution in [0, 0.1) is 5.41 Å². The molecule has 0 aliphatic heterocycles. The number of nitrogens with one attached hydrogen (secondary N) is 1. The van der Waals surface area contributed by atoms with E-state index in [1.165, 1.54) is 15.6 Å². The van der Waals surface area contributed by atoms with Gasteiger partial charge < -0.3 is 11.1 Å². The molecule has 1 amide bonds. The summed E-state index contributed by atoms with van der Waals surface area (Å²) >= 11 is 1.76. The van der Waals surface area contributed by atoms with Gasteiger partial charge in [0.2, 0.25) is 5.91 Å². The Morgan fingerprint density at radius 2 is 2.00 bits per heavy atom. The molecule has 0 spiro atoms. The zero-order valence-electron chi connectivity index (χ0n) is 12.8. The number of fused-ring (bicyclic) bond motifs is 1. The summed E-state index contributed by atoms with van der Waals surface area (Å²) < 4.78 is 1.30. The van der Waals surface area contributed by atoms with E-state index >= 15 is 0 Å². The molecule has 0 fully saturated rings. The lowest BCUT2D eigenvalue weighted by atomic mass is 9.81. The maximum atomic E-state index is 12.4. The lowest BCUT2D eigenvalue weighted by Crippen LogP contribution is -2.45. The minimum Gasteiger partial charge on any atom is -0.355 e. The molecule has 114 valence electrons. The van der Waals surface area contributed by atoms with E-state index in [0.717, 1.165) is 19.3 Å². The fourth-order valence-corrected chi connectivity index (χ4v) is 3.67. The van der Waals surface area contributed by atoms with Crippen LogP contribution in [0.25, 0.3) is 10.1 Å². The topological polar surface area (TPSA) is 55.1 Å². The van der Waals surface area contributed by atoms with Crippen LogP contribution in [0.2, 0.25) is 0 Å². The average Bonchev–Trinajstić information content (AvgIpc) is 2.93. The van der Waals surface area contributed by atoms with Crippen LogP contribution >= 0.6 is 11.3 Å². The molecule has 0 aliphatic carbocycles. The SMILES string of the molecule is CCC(CC)(CN)C(=O)NCCc1csc2ccccc12. The van der Waals surface area contributed by atoms with Gasteiger partial charge in [-0.2, -0.15) is 0 Å². The van der Waals surface area contributed by atoms with E-state index in [2.05, 4.69) is 35.0 Å². The predicted molar refractivity (Wildman–Crippen MR) is 90.6 cm³/mol. The molecule has 0 saturated heterocycles. The maximum Gasteiger partial charge on any atom is 0.227 e.